The number of nitrogens with one attached hydrogen (secondary N) is 1. The molecule has 1 aromatic carbocycles. The van der Waals surface area contributed by atoms with Gasteiger partial charge in [0.15, 0.2) is 0 Å². The molecule has 0 aliphatic carbocycles. The number of hydrogen-bond donors (Lipinski definition) is 2. The molecule has 3 N–H and O–H groups in total. The summed E-state index contributed by atoms with van der Waals surface area (Å²) < 4.78 is 5.58. The first-order valence-electron chi connectivity index (χ1n) is 6.90. The molecule has 1 atom stereocenters. The molecule has 1 unspecified atom stereocenters. The largest absolute Gasteiger partial charge is 0.492 e. The zero-order valence-corrected chi connectivity index (χ0v) is 12.6. The van der Waals surface area contributed by atoms with Crippen molar-refractivity contribution in [3.63, 3.8) is 0 Å². The normalized spacial score (nSPS) is 12.2. The van der Waals surface area contributed by atoms with E-state index in [2.05, 4.69) is 10.2 Å². The lowest BCUT2D eigenvalue weighted by Crippen LogP contribution is -2.19. The quantitative estimate of drug-likeness (QED) is 0.760. The number of nitrogens with zero attached hydrogens (tertiary/aromatic N) is 1. The summed E-state index contributed by atoms with van der Waals surface area (Å²) in [7, 11) is 4.01. The van der Waals surface area contributed by atoms with Crippen LogP contribution in [-0.4, -0.2) is 44.1 Å². The number of benzene rings is 1. The SMILES string of the molecule is CC(N)CCC(=O)Nc1ccc(OCCN(C)C)cc1. The van der Waals surface area contributed by atoms with Crippen molar-refractivity contribution in [2.75, 3.05) is 32.6 Å². The average molecular weight is 279 g/mol. The molecule has 0 fully saturated rings. The van der Waals surface area contributed by atoms with Crippen molar-refractivity contribution in [2.45, 2.75) is 25.8 Å². The van der Waals surface area contributed by atoms with Gasteiger partial charge in [-0.2, -0.15) is 0 Å². The Bertz CT molecular complexity index is 402. The van der Waals surface area contributed by atoms with E-state index in [1.165, 1.54) is 0 Å². The van der Waals surface area contributed by atoms with Crippen molar-refractivity contribution >= 4 is 11.6 Å². The summed E-state index contributed by atoms with van der Waals surface area (Å²) in [6.07, 6.45) is 1.14. The van der Waals surface area contributed by atoms with Gasteiger partial charge in [-0.1, -0.05) is 0 Å². The second kappa shape index (κ2) is 8.55. The number of ether oxygens (including phenoxy) is 1. The van der Waals surface area contributed by atoms with Gasteiger partial charge in [-0.3, -0.25) is 4.79 Å². The third-order valence-electron chi connectivity index (χ3n) is 2.77. The van der Waals surface area contributed by atoms with E-state index in [9.17, 15) is 4.79 Å². The van der Waals surface area contributed by atoms with Crippen molar-refractivity contribution in [3.05, 3.63) is 24.3 Å². The number of carbonyl (C=O) groups is 1. The highest BCUT2D eigenvalue weighted by atomic mass is 16.5. The van der Waals surface area contributed by atoms with Crippen LogP contribution in [0.15, 0.2) is 24.3 Å². The van der Waals surface area contributed by atoms with Crippen LogP contribution in [-0.2, 0) is 4.79 Å². The Morgan fingerprint density at radius 2 is 2.00 bits per heavy atom. The maximum atomic E-state index is 11.6. The zero-order chi connectivity index (χ0) is 15.0. The smallest absolute Gasteiger partial charge is 0.224 e. The molecule has 0 saturated heterocycles. The predicted molar refractivity (Wildman–Crippen MR) is 82.0 cm³/mol. The lowest BCUT2D eigenvalue weighted by molar-refractivity contribution is -0.116. The summed E-state index contributed by atoms with van der Waals surface area (Å²) in [6.45, 7) is 3.41. The minimum Gasteiger partial charge on any atom is -0.492 e. The molecule has 0 spiro atoms. The van der Waals surface area contributed by atoms with Crippen LogP contribution < -0.4 is 15.8 Å². The maximum Gasteiger partial charge on any atom is 0.224 e. The van der Waals surface area contributed by atoms with Gasteiger partial charge in [-0.15, -0.1) is 0 Å². The van der Waals surface area contributed by atoms with Gasteiger partial charge < -0.3 is 20.7 Å². The molecule has 1 aromatic rings. The van der Waals surface area contributed by atoms with E-state index in [4.69, 9.17) is 10.5 Å². The fourth-order valence-electron chi connectivity index (χ4n) is 1.56. The van der Waals surface area contributed by atoms with Crippen LogP contribution in [0.4, 0.5) is 5.69 Å². The fraction of sp³-hybridized carbons (Fsp3) is 0.533. The third-order valence-corrected chi connectivity index (χ3v) is 2.77. The van der Waals surface area contributed by atoms with Crippen molar-refractivity contribution in [2.24, 2.45) is 5.73 Å². The van der Waals surface area contributed by atoms with E-state index in [0.717, 1.165) is 18.0 Å². The number of likely N-dealkylation sites (N-methyl/N-ethyl adjacent to an activating group) is 1. The summed E-state index contributed by atoms with van der Waals surface area (Å²) in [6, 6.07) is 7.45. The highest BCUT2D eigenvalue weighted by Crippen LogP contribution is 2.16. The molecule has 0 saturated carbocycles. The van der Waals surface area contributed by atoms with E-state index in [0.29, 0.717) is 19.4 Å². The molecule has 0 bridgehead atoms. The van der Waals surface area contributed by atoms with Crippen LogP contribution in [0.2, 0.25) is 0 Å². The van der Waals surface area contributed by atoms with Crippen molar-refractivity contribution in [1.82, 2.24) is 4.90 Å². The average Bonchev–Trinajstić information content (AvgIpc) is 2.38. The second-order valence-electron chi connectivity index (χ2n) is 5.24. The number of amides is 1. The summed E-state index contributed by atoms with van der Waals surface area (Å²) in [4.78, 5) is 13.7. The van der Waals surface area contributed by atoms with Crippen molar-refractivity contribution in [1.29, 1.82) is 0 Å². The van der Waals surface area contributed by atoms with E-state index in [1.807, 2.05) is 45.3 Å². The van der Waals surface area contributed by atoms with Crippen LogP contribution in [0.3, 0.4) is 0 Å². The molecule has 0 aromatic heterocycles. The van der Waals surface area contributed by atoms with E-state index in [1.54, 1.807) is 0 Å². The van der Waals surface area contributed by atoms with Crippen molar-refractivity contribution in [3.8, 4) is 5.75 Å². The highest BCUT2D eigenvalue weighted by molar-refractivity contribution is 5.90. The van der Waals surface area contributed by atoms with Gasteiger partial charge in [0.25, 0.3) is 0 Å². The number of rotatable bonds is 8. The Balaban J connectivity index is 2.36. The molecule has 0 heterocycles. The Labute approximate surface area is 121 Å². The first-order chi connectivity index (χ1) is 9.47. The second-order valence-corrected chi connectivity index (χ2v) is 5.24. The molecular formula is C15H25N3O2. The predicted octanol–water partition coefficient (Wildman–Crippen LogP) is 1.69. The van der Waals surface area contributed by atoms with E-state index in [-0.39, 0.29) is 11.9 Å². The molecule has 0 aliphatic rings. The van der Waals surface area contributed by atoms with Gasteiger partial charge in [0.2, 0.25) is 5.91 Å². The molecule has 20 heavy (non-hydrogen) atoms. The minimum atomic E-state index is -0.0106. The van der Waals surface area contributed by atoms with Gasteiger partial charge in [0.05, 0.1) is 0 Å². The monoisotopic (exact) mass is 279 g/mol. The van der Waals surface area contributed by atoms with Crippen LogP contribution in [0.25, 0.3) is 0 Å². The number of hydrogen-bond acceptors (Lipinski definition) is 4. The van der Waals surface area contributed by atoms with Crippen LogP contribution in [0, 0.1) is 0 Å². The van der Waals surface area contributed by atoms with Crippen molar-refractivity contribution < 1.29 is 9.53 Å². The first-order valence-corrected chi connectivity index (χ1v) is 6.90. The number of anilines is 1. The van der Waals surface area contributed by atoms with Gasteiger partial charge in [-0.05, 0) is 51.7 Å². The molecule has 1 rings (SSSR count). The van der Waals surface area contributed by atoms with Crippen LogP contribution in [0.5, 0.6) is 5.75 Å². The Morgan fingerprint density at radius 3 is 2.55 bits per heavy atom. The van der Waals surface area contributed by atoms with Gasteiger partial charge >= 0.3 is 0 Å². The fourth-order valence-corrected chi connectivity index (χ4v) is 1.56. The minimum absolute atomic E-state index is 0.0106. The summed E-state index contributed by atoms with van der Waals surface area (Å²) >= 11 is 0. The summed E-state index contributed by atoms with van der Waals surface area (Å²) in [5.74, 6) is 0.795. The Kier molecular flexibility index (Phi) is 7.04. The lowest BCUT2D eigenvalue weighted by atomic mass is 10.2. The molecule has 5 nitrogen and oxygen atoms in total. The van der Waals surface area contributed by atoms with E-state index < -0.39 is 0 Å². The lowest BCUT2D eigenvalue weighted by Gasteiger charge is -2.11. The first kappa shape index (κ1) is 16.5. The molecular weight excluding hydrogens is 254 g/mol. The van der Waals surface area contributed by atoms with Gasteiger partial charge in [0.1, 0.15) is 12.4 Å². The van der Waals surface area contributed by atoms with Crippen LogP contribution in [0.1, 0.15) is 19.8 Å². The standard InChI is InChI=1S/C15H25N3O2/c1-12(16)4-9-15(19)17-13-5-7-14(8-6-13)20-11-10-18(2)3/h5-8,12H,4,9-11,16H2,1-3H3,(H,17,19). The summed E-state index contributed by atoms with van der Waals surface area (Å²) in [5, 5.41) is 2.84. The molecule has 5 heteroatoms. The van der Waals surface area contributed by atoms with Gasteiger partial charge in [0, 0.05) is 24.7 Å². The molecule has 1 amide bonds. The van der Waals surface area contributed by atoms with E-state index >= 15 is 0 Å². The Hall–Kier alpha value is -1.59. The molecule has 0 aliphatic heterocycles. The zero-order valence-electron chi connectivity index (χ0n) is 12.6. The number of nitrogens with two attached hydrogens (primary N) is 1. The Morgan fingerprint density at radius 1 is 1.35 bits per heavy atom. The maximum absolute atomic E-state index is 11.6. The summed E-state index contributed by atoms with van der Waals surface area (Å²) in [5.41, 5.74) is 6.40. The third kappa shape index (κ3) is 7.11. The van der Waals surface area contributed by atoms with Crippen LogP contribution >= 0.6 is 0 Å². The van der Waals surface area contributed by atoms with Gasteiger partial charge in [-0.25, -0.2) is 0 Å². The topological polar surface area (TPSA) is 67.6 Å². The number of carbonyl (C=O) groups excluding carboxylic acids is 1. The molecule has 0 radical (unpaired) electrons. The molecule has 112 valence electrons. The highest BCUT2D eigenvalue weighted by Gasteiger charge is 2.04.